The summed E-state index contributed by atoms with van der Waals surface area (Å²) in [4.78, 5) is 37.2. The van der Waals surface area contributed by atoms with Crippen molar-refractivity contribution in [3.8, 4) is 0 Å². The van der Waals surface area contributed by atoms with Crippen molar-refractivity contribution in [2.75, 3.05) is 19.4 Å². The molecule has 14 heavy (non-hydrogen) atoms. The molecule has 0 spiro atoms. The van der Waals surface area contributed by atoms with Crippen molar-refractivity contribution in [2.24, 2.45) is 5.73 Å². The highest BCUT2D eigenvalue weighted by Gasteiger charge is 2.12. The molecule has 0 aromatic carbocycles. The molecule has 4 N–H and O–H groups in total. The standard InChI is InChI=1S/C5H9N2O6P/c6-1-4(8)12-13-5(9)2-7-3-14(10)11/h7H,1-3,6H2/p+1/i1+2. The highest BCUT2D eigenvalue weighted by molar-refractivity contribution is 7.37. The van der Waals surface area contributed by atoms with Crippen LogP contribution in [0.2, 0.25) is 0 Å². The molecule has 0 aromatic rings. The van der Waals surface area contributed by atoms with Gasteiger partial charge in [-0.25, -0.2) is 19.4 Å². The summed E-state index contributed by atoms with van der Waals surface area (Å²) in [6.45, 7) is -0.733. The first-order valence-electron chi connectivity index (χ1n) is 3.50. The zero-order chi connectivity index (χ0) is 11.0. The number of hydrogen-bond donors (Lipinski definition) is 3. The minimum absolute atomic E-state index is 0.241. The fourth-order valence-corrected chi connectivity index (χ4v) is 0.713. The lowest BCUT2D eigenvalue weighted by Crippen LogP contribution is -2.26. The minimum atomic E-state index is -2.35. The molecule has 0 radical (unpaired) electrons. The van der Waals surface area contributed by atoms with Crippen LogP contribution < -0.4 is 11.1 Å². The molecule has 0 fully saturated rings. The summed E-state index contributed by atoms with van der Waals surface area (Å²) in [7, 11) is -2.35. The molecule has 0 bridgehead atoms. The van der Waals surface area contributed by atoms with E-state index in [1.54, 1.807) is 0 Å². The quantitative estimate of drug-likeness (QED) is 0.286. The Morgan fingerprint density at radius 1 is 1.50 bits per heavy atom. The number of nitrogens with two attached hydrogens (primary N) is 1. The van der Waals surface area contributed by atoms with Crippen molar-refractivity contribution in [3.63, 3.8) is 0 Å². The number of carbonyl (C=O) groups is 2. The molecule has 80 valence electrons. The fraction of sp³-hybridized carbons (Fsp3) is 0.600. The molecule has 1 atom stereocenters. The highest BCUT2D eigenvalue weighted by Crippen LogP contribution is 2.07. The number of rotatable bonds is 5. The van der Waals surface area contributed by atoms with E-state index in [9.17, 15) is 14.2 Å². The molecule has 0 rings (SSSR count). The average molecular weight is 227 g/mol. The maximum atomic E-state index is 10.7. The largest absolute Gasteiger partial charge is 0.521 e. The van der Waals surface area contributed by atoms with E-state index in [1.165, 1.54) is 0 Å². The predicted molar refractivity (Wildman–Crippen MR) is 43.9 cm³/mol. The SMILES string of the molecule is N[14CH2]C(=O)OOC(=O)CNC[P+](=O)O. The van der Waals surface area contributed by atoms with E-state index >= 15 is 0 Å². The predicted octanol–water partition coefficient (Wildman–Crippen LogP) is -1.77. The van der Waals surface area contributed by atoms with E-state index in [0.29, 0.717) is 0 Å². The van der Waals surface area contributed by atoms with Crippen molar-refractivity contribution in [1.29, 1.82) is 0 Å². The van der Waals surface area contributed by atoms with Gasteiger partial charge in [-0.15, -0.1) is 0 Å². The van der Waals surface area contributed by atoms with Crippen molar-refractivity contribution in [1.82, 2.24) is 5.32 Å². The van der Waals surface area contributed by atoms with Gasteiger partial charge in [0.05, 0.1) is 6.54 Å². The van der Waals surface area contributed by atoms with Crippen LogP contribution in [-0.2, 0) is 23.9 Å². The zero-order valence-electron chi connectivity index (χ0n) is 7.13. The van der Waals surface area contributed by atoms with E-state index in [1.807, 2.05) is 0 Å². The maximum Gasteiger partial charge on any atom is 0.521 e. The van der Waals surface area contributed by atoms with Crippen LogP contribution in [0.5, 0.6) is 0 Å². The van der Waals surface area contributed by atoms with Gasteiger partial charge in [-0.1, -0.05) is 0 Å². The third kappa shape index (κ3) is 7.56. The Balaban J connectivity index is 3.46. The number of nitrogens with one attached hydrogen (secondary N) is 1. The van der Waals surface area contributed by atoms with Crippen LogP contribution in [0.3, 0.4) is 0 Å². The first-order chi connectivity index (χ1) is 6.56. The monoisotopic (exact) mass is 227 g/mol. The summed E-state index contributed by atoms with van der Waals surface area (Å²) in [6.07, 6.45) is -0.241. The Hall–Kier alpha value is -1.08. The molecule has 0 saturated carbocycles. The molecule has 0 heterocycles. The summed E-state index contributed by atoms with van der Waals surface area (Å²) in [5.41, 5.74) is 4.84. The Morgan fingerprint density at radius 2 is 2.14 bits per heavy atom. The van der Waals surface area contributed by atoms with Crippen LogP contribution >= 0.6 is 8.03 Å². The van der Waals surface area contributed by atoms with Crippen molar-refractivity contribution >= 4 is 20.0 Å². The fourth-order valence-electron chi connectivity index (χ4n) is 0.410. The molecular weight excluding hydrogens is 217 g/mol. The number of hydrogen-bond acceptors (Lipinski definition) is 7. The van der Waals surface area contributed by atoms with Gasteiger partial charge < -0.3 is 5.73 Å². The molecule has 1 unspecified atom stereocenters. The molecule has 0 aliphatic heterocycles. The lowest BCUT2D eigenvalue weighted by Gasteiger charge is -2.00. The van der Waals surface area contributed by atoms with Gasteiger partial charge in [-0.05, 0) is 4.57 Å². The Labute approximate surface area is 80.2 Å². The first-order valence-corrected chi connectivity index (χ1v) is 4.90. The van der Waals surface area contributed by atoms with Crippen LogP contribution in [0.4, 0.5) is 0 Å². The molecule has 0 aliphatic rings. The lowest BCUT2D eigenvalue weighted by atomic mass is 10.7. The Morgan fingerprint density at radius 3 is 2.64 bits per heavy atom. The van der Waals surface area contributed by atoms with Crippen molar-refractivity contribution in [3.05, 3.63) is 0 Å². The van der Waals surface area contributed by atoms with Gasteiger partial charge in [-0.3, -0.25) is 5.32 Å². The van der Waals surface area contributed by atoms with Gasteiger partial charge >= 0.3 is 20.0 Å². The van der Waals surface area contributed by atoms with Crippen LogP contribution in [0.25, 0.3) is 0 Å². The molecule has 0 aliphatic carbocycles. The molecule has 8 nitrogen and oxygen atoms in total. The summed E-state index contributed by atoms with van der Waals surface area (Å²) in [6, 6.07) is 0. The highest BCUT2D eigenvalue weighted by atomic mass is 31.1. The van der Waals surface area contributed by atoms with E-state index in [2.05, 4.69) is 15.1 Å². The zero-order valence-corrected chi connectivity index (χ0v) is 8.03. The van der Waals surface area contributed by atoms with Crippen LogP contribution in [0.1, 0.15) is 0 Å². The third-order valence-corrected chi connectivity index (χ3v) is 1.40. The van der Waals surface area contributed by atoms with Crippen molar-refractivity contribution < 1.29 is 28.8 Å². The molecule has 0 saturated heterocycles. The van der Waals surface area contributed by atoms with Gasteiger partial charge in [0.2, 0.25) is 6.29 Å². The van der Waals surface area contributed by atoms with E-state index in [-0.39, 0.29) is 12.8 Å². The summed E-state index contributed by atoms with van der Waals surface area (Å²) >= 11 is 0. The molecule has 0 amide bonds. The molecule has 9 heteroatoms. The van der Waals surface area contributed by atoms with Crippen LogP contribution in [-0.4, -0.2) is 36.2 Å². The van der Waals surface area contributed by atoms with Gasteiger partial charge in [0.25, 0.3) is 0 Å². The van der Waals surface area contributed by atoms with E-state index in [4.69, 9.17) is 10.6 Å². The van der Waals surface area contributed by atoms with Gasteiger partial charge in [-0.2, -0.15) is 4.89 Å². The summed E-state index contributed by atoms with van der Waals surface area (Å²) in [5.74, 6) is -1.77. The third-order valence-electron chi connectivity index (χ3n) is 0.911. The molecular formula is C5H10N2O6P+. The lowest BCUT2D eigenvalue weighted by molar-refractivity contribution is -0.256. The second-order valence-electron chi connectivity index (χ2n) is 2.05. The Bertz CT molecular complexity index is 232. The van der Waals surface area contributed by atoms with Crippen LogP contribution in [0, 0.1) is 0 Å². The smallest absolute Gasteiger partial charge is 0.321 e. The second kappa shape index (κ2) is 7.34. The topological polar surface area (TPSA) is 128 Å². The minimum Gasteiger partial charge on any atom is -0.321 e. The molecule has 0 aromatic heterocycles. The van der Waals surface area contributed by atoms with Crippen LogP contribution in [0.15, 0.2) is 0 Å². The average Bonchev–Trinajstić information content (AvgIpc) is 2.13. The van der Waals surface area contributed by atoms with E-state index in [0.717, 1.165) is 0 Å². The number of carbonyl (C=O) groups excluding carboxylic acids is 2. The van der Waals surface area contributed by atoms with Gasteiger partial charge in [0.15, 0.2) is 0 Å². The van der Waals surface area contributed by atoms with Gasteiger partial charge in [0.1, 0.15) is 6.54 Å². The normalized spacial score (nSPS) is 10.6. The maximum absolute atomic E-state index is 10.7. The second-order valence-corrected chi connectivity index (χ2v) is 3.07. The summed E-state index contributed by atoms with van der Waals surface area (Å²) in [5, 5.41) is 2.30. The van der Waals surface area contributed by atoms with Gasteiger partial charge in [0, 0.05) is 0 Å². The summed E-state index contributed by atoms with van der Waals surface area (Å²) < 4.78 is 10.1. The van der Waals surface area contributed by atoms with Crippen molar-refractivity contribution in [2.45, 2.75) is 0 Å². The Kier molecular flexibility index (Phi) is 6.77. The van der Waals surface area contributed by atoms with E-state index < -0.39 is 26.5 Å². The first kappa shape index (κ1) is 12.9.